The fraction of sp³-hybridized carbons (Fsp3) is 0.941. The highest BCUT2D eigenvalue weighted by molar-refractivity contribution is 5.78. The van der Waals surface area contributed by atoms with Gasteiger partial charge in [-0.25, -0.2) is 24.3 Å². The van der Waals surface area contributed by atoms with Crippen LogP contribution in [0.25, 0.3) is 0 Å². The van der Waals surface area contributed by atoms with Gasteiger partial charge in [0.1, 0.15) is 6.10 Å². The standard InChI is InChI=1S/C17H34O6/c1-5-9-12-17(16(18)19,23-21-14-11-7-3)15(8-4)22-20-13-10-6-2/h15H,5-14H2,1-4H3,(H,18,19). The third kappa shape index (κ3) is 8.11. The first kappa shape index (κ1) is 22.3. The molecule has 2 unspecified atom stereocenters. The van der Waals surface area contributed by atoms with Gasteiger partial charge in [-0.2, -0.15) is 0 Å². The van der Waals surface area contributed by atoms with Crippen LogP contribution in [0.2, 0.25) is 0 Å². The van der Waals surface area contributed by atoms with Crippen molar-refractivity contribution in [2.24, 2.45) is 0 Å². The van der Waals surface area contributed by atoms with Gasteiger partial charge < -0.3 is 5.11 Å². The molecule has 0 aromatic carbocycles. The second-order valence-corrected chi connectivity index (χ2v) is 5.73. The molecule has 0 aliphatic heterocycles. The number of hydrogen-bond acceptors (Lipinski definition) is 5. The van der Waals surface area contributed by atoms with E-state index in [0.29, 0.717) is 32.5 Å². The minimum atomic E-state index is -1.54. The summed E-state index contributed by atoms with van der Waals surface area (Å²) in [6.45, 7) is 8.74. The summed E-state index contributed by atoms with van der Waals surface area (Å²) in [5, 5.41) is 9.77. The van der Waals surface area contributed by atoms with Gasteiger partial charge in [0.25, 0.3) is 0 Å². The number of unbranched alkanes of at least 4 members (excludes halogenated alkanes) is 3. The summed E-state index contributed by atoms with van der Waals surface area (Å²) in [6.07, 6.45) is 5.24. The van der Waals surface area contributed by atoms with Gasteiger partial charge in [-0.1, -0.05) is 47.0 Å². The Morgan fingerprint density at radius 2 is 1.52 bits per heavy atom. The third-order valence-corrected chi connectivity index (χ3v) is 3.71. The molecule has 138 valence electrons. The molecule has 0 aliphatic carbocycles. The zero-order chi connectivity index (χ0) is 17.6. The van der Waals surface area contributed by atoms with Gasteiger partial charge in [-0.15, -0.1) is 0 Å². The van der Waals surface area contributed by atoms with Crippen molar-refractivity contribution in [2.75, 3.05) is 13.2 Å². The van der Waals surface area contributed by atoms with Crippen molar-refractivity contribution in [2.45, 2.75) is 90.8 Å². The minimum Gasteiger partial charge on any atom is -0.479 e. The Morgan fingerprint density at radius 1 is 0.957 bits per heavy atom. The monoisotopic (exact) mass is 334 g/mol. The van der Waals surface area contributed by atoms with Crippen molar-refractivity contribution in [1.29, 1.82) is 0 Å². The average Bonchev–Trinajstić information content (AvgIpc) is 2.55. The Hall–Kier alpha value is -0.690. The normalized spacial score (nSPS) is 15.3. The lowest BCUT2D eigenvalue weighted by Gasteiger charge is -2.34. The molecule has 0 saturated carbocycles. The van der Waals surface area contributed by atoms with Crippen molar-refractivity contribution < 1.29 is 29.5 Å². The van der Waals surface area contributed by atoms with Gasteiger partial charge in [0.15, 0.2) is 0 Å². The Balaban J connectivity index is 4.94. The predicted octanol–water partition coefficient (Wildman–Crippen LogP) is 4.28. The molecular weight excluding hydrogens is 300 g/mol. The fourth-order valence-corrected chi connectivity index (χ4v) is 2.14. The third-order valence-electron chi connectivity index (χ3n) is 3.71. The second-order valence-electron chi connectivity index (χ2n) is 5.73. The van der Waals surface area contributed by atoms with Crippen LogP contribution < -0.4 is 0 Å². The number of carboxylic acids is 1. The highest BCUT2D eigenvalue weighted by Crippen LogP contribution is 2.29. The van der Waals surface area contributed by atoms with Crippen molar-refractivity contribution >= 4 is 5.97 Å². The number of rotatable bonds is 16. The van der Waals surface area contributed by atoms with E-state index in [4.69, 9.17) is 19.6 Å². The maximum absolute atomic E-state index is 11.9. The van der Waals surface area contributed by atoms with E-state index in [-0.39, 0.29) is 0 Å². The largest absolute Gasteiger partial charge is 0.479 e. The predicted molar refractivity (Wildman–Crippen MR) is 87.9 cm³/mol. The molecule has 0 aromatic rings. The molecule has 0 fully saturated rings. The molecule has 0 aromatic heterocycles. The Labute approximate surface area is 140 Å². The molecule has 0 radical (unpaired) electrons. The van der Waals surface area contributed by atoms with Crippen LogP contribution in [0.15, 0.2) is 0 Å². The average molecular weight is 334 g/mol. The summed E-state index contributed by atoms with van der Waals surface area (Å²) in [5.41, 5.74) is -1.54. The van der Waals surface area contributed by atoms with Crippen molar-refractivity contribution in [3.05, 3.63) is 0 Å². The summed E-state index contributed by atoms with van der Waals surface area (Å²) in [7, 11) is 0. The molecule has 0 spiro atoms. The lowest BCUT2D eigenvalue weighted by molar-refractivity contribution is -0.416. The number of aliphatic carboxylic acids is 1. The molecule has 1 N–H and O–H groups in total. The molecule has 0 rings (SSSR count). The first-order valence-corrected chi connectivity index (χ1v) is 8.91. The Bertz CT molecular complexity index is 297. The van der Waals surface area contributed by atoms with E-state index in [1.807, 2.05) is 27.7 Å². The van der Waals surface area contributed by atoms with E-state index in [0.717, 1.165) is 32.1 Å². The van der Waals surface area contributed by atoms with Crippen LogP contribution >= 0.6 is 0 Å². The fourth-order valence-electron chi connectivity index (χ4n) is 2.14. The van der Waals surface area contributed by atoms with Crippen molar-refractivity contribution in [3.63, 3.8) is 0 Å². The summed E-state index contributed by atoms with van der Waals surface area (Å²) < 4.78 is 0. The molecule has 0 aliphatic rings. The summed E-state index contributed by atoms with van der Waals surface area (Å²) in [6, 6.07) is 0. The van der Waals surface area contributed by atoms with Gasteiger partial charge in [0.2, 0.25) is 5.60 Å². The van der Waals surface area contributed by atoms with E-state index in [9.17, 15) is 9.90 Å². The van der Waals surface area contributed by atoms with Gasteiger partial charge in [0, 0.05) is 0 Å². The van der Waals surface area contributed by atoms with Gasteiger partial charge in [0.05, 0.1) is 13.2 Å². The van der Waals surface area contributed by atoms with E-state index >= 15 is 0 Å². The van der Waals surface area contributed by atoms with E-state index in [2.05, 4.69) is 0 Å². The summed E-state index contributed by atoms with van der Waals surface area (Å²) in [5.74, 6) is -1.08. The SMILES string of the molecule is CCCCOOC(CC)C(CCCC)(OOCCCC)C(=O)O. The van der Waals surface area contributed by atoms with Crippen molar-refractivity contribution in [3.8, 4) is 0 Å². The van der Waals surface area contributed by atoms with E-state index in [1.54, 1.807) is 0 Å². The molecule has 6 heteroatoms. The zero-order valence-corrected chi connectivity index (χ0v) is 15.1. The van der Waals surface area contributed by atoms with Gasteiger partial charge in [-0.05, 0) is 32.1 Å². The molecule has 23 heavy (non-hydrogen) atoms. The number of hydrogen-bond donors (Lipinski definition) is 1. The van der Waals surface area contributed by atoms with Crippen LogP contribution in [0.1, 0.15) is 79.1 Å². The highest BCUT2D eigenvalue weighted by atomic mass is 17.2. The summed E-state index contributed by atoms with van der Waals surface area (Å²) >= 11 is 0. The number of carboxylic acid groups (broad SMARTS) is 1. The van der Waals surface area contributed by atoms with Gasteiger partial charge >= 0.3 is 5.97 Å². The smallest absolute Gasteiger partial charge is 0.342 e. The maximum atomic E-state index is 11.9. The van der Waals surface area contributed by atoms with Crippen molar-refractivity contribution in [1.82, 2.24) is 0 Å². The van der Waals surface area contributed by atoms with Crippen LogP contribution in [0, 0.1) is 0 Å². The second kappa shape index (κ2) is 13.7. The lowest BCUT2D eigenvalue weighted by Crippen LogP contribution is -2.53. The number of carbonyl (C=O) groups is 1. The summed E-state index contributed by atoms with van der Waals surface area (Å²) in [4.78, 5) is 33.1. The van der Waals surface area contributed by atoms with Gasteiger partial charge in [-0.3, -0.25) is 0 Å². The topological polar surface area (TPSA) is 74.2 Å². The highest BCUT2D eigenvalue weighted by Gasteiger charge is 2.49. The molecule has 0 amide bonds. The molecule has 6 nitrogen and oxygen atoms in total. The van der Waals surface area contributed by atoms with Crippen LogP contribution in [0.5, 0.6) is 0 Å². The van der Waals surface area contributed by atoms with Crippen LogP contribution in [0.4, 0.5) is 0 Å². The molecule has 0 saturated heterocycles. The lowest BCUT2D eigenvalue weighted by atomic mass is 9.89. The maximum Gasteiger partial charge on any atom is 0.342 e. The molecule has 0 bridgehead atoms. The zero-order valence-electron chi connectivity index (χ0n) is 15.1. The first-order valence-electron chi connectivity index (χ1n) is 8.91. The Morgan fingerprint density at radius 3 is 2.00 bits per heavy atom. The molecule has 0 heterocycles. The first-order chi connectivity index (χ1) is 11.1. The van der Waals surface area contributed by atoms with Crippen LogP contribution in [-0.4, -0.2) is 36.0 Å². The van der Waals surface area contributed by atoms with Crippen LogP contribution in [0.3, 0.4) is 0 Å². The minimum absolute atomic E-state index is 0.320. The molecule has 2 atom stereocenters. The van der Waals surface area contributed by atoms with Crippen LogP contribution in [-0.2, 0) is 24.3 Å². The molecular formula is C17H34O6. The van der Waals surface area contributed by atoms with E-state index in [1.165, 1.54) is 0 Å². The Kier molecular flexibility index (Phi) is 13.3. The van der Waals surface area contributed by atoms with E-state index < -0.39 is 17.7 Å². The quantitative estimate of drug-likeness (QED) is 0.258.